The molecule has 100 valence electrons. The summed E-state index contributed by atoms with van der Waals surface area (Å²) >= 11 is 2.18. The normalized spacial score (nSPS) is 12.4. The van der Waals surface area contributed by atoms with Crippen LogP contribution in [0.25, 0.3) is 0 Å². The van der Waals surface area contributed by atoms with E-state index in [0.29, 0.717) is 6.04 Å². The lowest BCUT2D eigenvalue weighted by molar-refractivity contribution is -0.385. The Morgan fingerprint density at radius 2 is 2.17 bits per heavy atom. The molecule has 1 unspecified atom stereocenters. The Hall–Kier alpha value is -0.690. The number of nitro benzene ring substituents is 1. The van der Waals surface area contributed by atoms with Gasteiger partial charge >= 0.3 is 0 Å². The molecular formula is C13H19IN2O2. The summed E-state index contributed by atoms with van der Waals surface area (Å²) < 4.78 is 0.973. The highest BCUT2D eigenvalue weighted by Crippen LogP contribution is 2.21. The van der Waals surface area contributed by atoms with Crippen molar-refractivity contribution in [1.29, 1.82) is 0 Å². The van der Waals surface area contributed by atoms with Gasteiger partial charge in [0.15, 0.2) is 0 Å². The average Bonchev–Trinajstić information content (AvgIpc) is 2.32. The van der Waals surface area contributed by atoms with Crippen LogP contribution in [0.5, 0.6) is 0 Å². The molecule has 0 radical (unpaired) electrons. The lowest BCUT2D eigenvalue weighted by Gasteiger charge is -2.17. The Morgan fingerprint density at radius 1 is 1.44 bits per heavy atom. The molecule has 1 aromatic carbocycles. The summed E-state index contributed by atoms with van der Waals surface area (Å²) in [5, 5.41) is 14.1. The van der Waals surface area contributed by atoms with Crippen LogP contribution in [0, 0.1) is 13.7 Å². The summed E-state index contributed by atoms with van der Waals surface area (Å²) in [6.07, 6.45) is 3.19. The molecule has 0 spiro atoms. The van der Waals surface area contributed by atoms with Crippen molar-refractivity contribution < 1.29 is 4.92 Å². The van der Waals surface area contributed by atoms with Crippen LogP contribution in [-0.4, -0.2) is 17.5 Å². The number of non-ortho nitro benzene ring substituents is 1. The minimum atomic E-state index is -0.347. The predicted octanol–water partition coefficient (Wildman–Crippen LogP) is 3.52. The van der Waals surface area contributed by atoms with Gasteiger partial charge in [-0.2, -0.15) is 0 Å². The van der Waals surface area contributed by atoms with Crippen LogP contribution in [0.2, 0.25) is 0 Å². The third-order valence-electron chi connectivity index (χ3n) is 2.84. The van der Waals surface area contributed by atoms with Crippen LogP contribution in [-0.2, 0) is 6.42 Å². The van der Waals surface area contributed by atoms with Gasteiger partial charge in [-0.15, -0.1) is 0 Å². The van der Waals surface area contributed by atoms with E-state index in [1.54, 1.807) is 12.1 Å². The molecule has 0 aliphatic rings. The number of benzene rings is 1. The van der Waals surface area contributed by atoms with Gasteiger partial charge in [0, 0.05) is 21.7 Å². The summed E-state index contributed by atoms with van der Waals surface area (Å²) in [6.45, 7) is 5.23. The molecule has 0 aliphatic carbocycles. The smallest absolute Gasteiger partial charge is 0.270 e. The van der Waals surface area contributed by atoms with Crippen molar-refractivity contribution in [3.8, 4) is 0 Å². The summed E-state index contributed by atoms with van der Waals surface area (Å²) in [4.78, 5) is 10.3. The predicted molar refractivity (Wildman–Crippen MR) is 81.9 cm³/mol. The number of halogens is 1. The minimum Gasteiger partial charge on any atom is -0.314 e. The second kappa shape index (κ2) is 7.68. The first-order chi connectivity index (χ1) is 8.58. The van der Waals surface area contributed by atoms with E-state index < -0.39 is 0 Å². The Balaban J connectivity index is 2.79. The van der Waals surface area contributed by atoms with E-state index in [1.807, 2.05) is 6.07 Å². The molecule has 0 aliphatic heterocycles. The Morgan fingerprint density at radius 3 is 2.67 bits per heavy atom. The fourth-order valence-corrected chi connectivity index (χ4v) is 2.71. The largest absolute Gasteiger partial charge is 0.314 e. The molecule has 1 aromatic rings. The molecule has 0 amide bonds. The zero-order valence-electron chi connectivity index (χ0n) is 10.8. The van der Waals surface area contributed by atoms with Crippen molar-refractivity contribution in [3.63, 3.8) is 0 Å². The van der Waals surface area contributed by atoms with Crippen LogP contribution >= 0.6 is 22.6 Å². The van der Waals surface area contributed by atoms with E-state index in [1.165, 1.54) is 5.56 Å². The highest BCUT2D eigenvalue weighted by atomic mass is 127. The molecule has 0 saturated carbocycles. The Kier molecular flexibility index (Phi) is 6.56. The van der Waals surface area contributed by atoms with Gasteiger partial charge in [0.2, 0.25) is 0 Å². The minimum absolute atomic E-state index is 0.165. The lowest BCUT2D eigenvalue weighted by atomic mass is 10.0. The van der Waals surface area contributed by atoms with Crippen molar-refractivity contribution >= 4 is 28.3 Å². The SMILES string of the molecule is CCCC(Cc1ccc([N+](=O)[O-])cc1I)NCC. The van der Waals surface area contributed by atoms with Crippen LogP contribution in [0.3, 0.4) is 0 Å². The van der Waals surface area contributed by atoms with Crippen LogP contribution in [0.1, 0.15) is 32.3 Å². The number of rotatable bonds is 7. The molecule has 1 N–H and O–H groups in total. The molecule has 0 heterocycles. The first-order valence-electron chi connectivity index (χ1n) is 6.24. The Bertz CT molecular complexity index is 404. The fraction of sp³-hybridized carbons (Fsp3) is 0.538. The molecule has 0 aromatic heterocycles. The maximum absolute atomic E-state index is 10.7. The molecular weight excluding hydrogens is 343 g/mol. The number of nitro groups is 1. The Labute approximate surface area is 121 Å². The number of nitrogens with one attached hydrogen (secondary N) is 1. The third-order valence-corrected chi connectivity index (χ3v) is 3.85. The van der Waals surface area contributed by atoms with Gasteiger partial charge in [-0.25, -0.2) is 0 Å². The van der Waals surface area contributed by atoms with Gasteiger partial charge in [-0.3, -0.25) is 10.1 Å². The maximum atomic E-state index is 10.7. The van der Waals surface area contributed by atoms with Gasteiger partial charge < -0.3 is 5.32 Å². The van der Waals surface area contributed by atoms with Gasteiger partial charge in [0.1, 0.15) is 0 Å². The molecule has 1 atom stereocenters. The van der Waals surface area contributed by atoms with Crippen LogP contribution in [0.4, 0.5) is 5.69 Å². The molecule has 0 bridgehead atoms. The zero-order valence-corrected chi connectivity index (χ0v) is 12.9. The zero-order chi connectivity index (χ0) is 13.5. The van der Waals surface area contributed by atoms with Crippen LogP contribution < -0.4 is 5.32 Å². The standard InChI is InChI=1S/C13H19IN2O2/c1-3-5-11(15-4-2)8-10-6-7-12(16(17)18)9-13(10)14/h6-7,9,11,15H,3-5,8H2,1-2H3. The van der Waals surface area contributed by atoms with E-state index in [4.69, 9.17) is 0 Å². The van der Waals surface area contributed by atoms with Crippen molar-refractivity contribution in [2.45, 2.75) is 39.2 Å². The van der Waals surface area contributed by atoms with Gasteiger partial charge in [0.25, 0.3) is 5.69 Å². The van der Waals surface area contributed by atoms with Gasteiger partial charge in [-0.05, 0) is 47.5 Å². The molecule has 0 fully saturated rings. The summed E-state index contributed by atoms with van der Waals surface area (Å²) in [7, 11) is 0. The van der Waals surface area contributed by atoms with E-state index in [0.717, 1.165) is 29.4 Å². The van der Waals surface area contributed by atoms with E-state index >= 15 is 0 Å². The second-order valence-electron chi connectivity index (χ2n) is 4.28. The molecule has 4 nitrogen and oxygen atoms in total. The van der Waals surface area contributed by atoms with Crippen molar-refractivity contribution in [3.05, 3.63) is 37.4 Å². The van der Waals surface area contributed by atoms with E-state index in [-0.39, 0.29) is 10.6 Å². The molecule has 18 heavy (non-hydrogen) atoms. The summed E-state index contributed by atoms with van der Waals surface area (Å²) in [5.41, 5.74) is 1.35. The van der Waals surface area contributed by atoms with Gasteiger partial charge in [-0.1, -0.05) is 26.3 Å². The number of hydrogen-bond acceptors (Lipinski definition) is 3. The molecule has 1 rings (SSSR count). The summed E-state index contributed by atoms with van der Waals surface area (Å²) in [6, 6.07) is 5.56. The fourth-order valence-electron chi connectivity index (χ4n) is 1.99. The van der Waals surface area contributed by atoms with Crippen molar-refractivity contribution in [2.75, 3.05) is 6.54 Å². The quantitative estimate of drug-likeness (QED) is 0.459. The van der Waals surface area contributed by atoms with Crippen LogP contribution in [0.15, 0.2) is 18.2 Å². The molecule has 0 saturated heterocycles. The number of nitrogens with zero attached hydrogens (tertiary/aromatic N) is 1. The second-order valence-corrected chi connectivity index (χ2v) is 5.44. The average molecular weight is 362 g/mol. The number of hydrogen-bond donors (Lipinski definition) is 1. The van der Waals surface area contributed by atoms with E-state index in [2.05, 4.69) is 41.8 Å². The monoisotopic (exact) mass is 362 g/mol. The van der Waals surface area contributed by atoms with Crippen molar-refractivity contribution in [1.82, 2.24) is 5.32 Å². The lowest BCUT2D eigenvalue weighted by Crippen LogP contribution is -2.31. The first kappa shape index (κ1) is 15.4. The highest BCUT2D eigenvalue weighted by Gasteiger charge is 2.13. The highest BCUT2D eigenvalue weighted by molar-refractivity contribution is 14.1. The first-order valence-corrected chi connectivity index (χ1v) is 7.32. The van der Waals surface area contributed by atoms with Crippen molar-refractivity contribution in [2.24, 2.45) is 0 Å². The maximum Gasteiger partial charge on any atom is 0.270 e. The molecule has 5 heteroatoms. The van der Waals surface area contributed by atoms with E-state index in [9.17, 15) is 10.1 Å². The number of likely N-dealkylation sites (N-methyl/N-ethyl adjacent to an activating group) is 1. The topological polar surface area (TPSA) is 55.2 Å². The summed E-state index contributed by atoms with van der Waals surface area (Å²) in [5.74, 6) is 0. The van der Waals surface area contributed by atoms with Gasteiger partial charge in [0.05, 0.1) is 4.92 Å². The third kappa shape index (κ3) is 4.53.